The first-order chi connectivity index (χ1) is 6.85. The topological polar surface area (TPSA) is 0 Å². The van der Waals surface area contributed by atoms with Crippen LogP contribution in [-0.2, 0) is 17.9 Å². The van der Waals surface area contributed by atoms with E-state index in [0.29, 0.717) is 5.41 Å². The molecule has 4 unspecified atom stereocenters. The van der Waals surface area contributed by atoms with Crippen LogP contribution in [0.1, 0.15) is 33.1 Å². The first-order valence-electron chi connectivity index (χ1n) is 6.02. The summed E-state index contributed by atoms with van der Waals surface area (Å²) in [6.07, 6.45) is 4.58. The van der Waals surface area contributed by atoms with Gasteiger partial charge in [-0.2, -0.15) is 0 Å². The van der Waals surface area contributed by atoms with Gasteiger partial charge >= 0.3 is 106 Å². The Labute approximate surface area is 106 Å². The molecule has 0 aliphatic heterocycles. The van der Waals surface area contributed by atoms with Crippen LogP contribution in [0.3, 0.4) is 0 Å². The summed E-state index contributed by atoms with van der Waals surface area (Å²) in [7, 11) is 2.36. The first kappa shape index (κ1) is 14.6. The summed E-state index contributed by atoms with van der Waals surface area (Å²) in [5, 5.41) is 5.21. The van der Waals surface area contributed by atoms with Crippen LogP contribution >= 0.6 is 17.2 Å². The van der Waals surface area contributed by atoms with E-state index in [1.54, 1.807) is 6.42 Å². The van der Waals surface area contributed by atoms with Crippen LogP contribution in [0.5, 0.6) is 0 Å². The van der Waals surface area contributed by atoms with Gasteiger partial charge < -0.3 is 0 Å². The van der Waals surface area contributed by atoms with Crippen molar-refractivity contribution in [2.45, 2.75) is 52.7 Å². The van der Waals surface area contributed by atoms with E-state index < -0.39 is 17.9 Å². The Kier molecular flexibility index (Phi) is 5.34. The summed E-state index contributed by atoms with van der Waals surface area (Å²) in [5.74, 6) is 0. The van der Waals surface area contributed by atoms with Gasteiger partial charge in [0, 0.05) is 0 Å². The average Bonchev–Trinajstić information content (AvgIpc) is 2.14. The zero-order valence-corrected chi connectivity index (χ0v) is 14.8. The molecule has 1 aliphatic rings. The minimum atomic E-state index is -0.779. The third-order valence-corrected chi connectivity index (χ3v) is 13.4. The van der Waals surface area contributed by atoms with E-state index in [4.69, 9.17) is 0 Å². The molecule has 0 amide bonds. The second-order valence-corrected chi connectivity index (χ2v) is 14.3. The van der Waals surface area contributed by atoms with E-state index >= 15 is 0 Å². The van der Waals surface area contributed by atoms with Gasteiger partial charge in [-0.25, -0.2) is 0 Å². The van der Waals surface area contributed by atoms with Crippen molar-refractivity contribution in [2.75, 3.05) is 13.3 Å². The molecule has 0 radical (unpaired) electrons. The summed E-state index contributed by atoms with van der Waals surface area (Å²) >= 11 is -0.779. The van der Waals surface area contributed by atoms with Crippen LogP contribution in [0.15, 0.2) is 0 Å². The first-order valence-corrected chi connectivity index (χ1v) is 13.0. The molecule has 0 heterocycles. The molecule has 1 fully saturated rings. The fourth-order valence-electron chi connectivity index (χ4n) is 3.15. The van der Waals surface area contributed by atoms with Crippen molar-refractivity contribution < 1.29 is 17.9 Å². The van der Waals surface area contributed by atoms with Crippen molar-refractivity contribution in [1.29, 1.82) is 0 Å². The molecule has 1 aliphatic carbocycles. The van der Waals surface area contributed by atoms with Crippen molar-refractivity contribution in [3.63, 3.8) is 0 Å². The Bertz CT molecular complexity index is 216. The third kappa shape index (κ3) is 3.51. The fourth-order valence-corrected chi connectivity index (χ4v) is 11.2. The second-order valence-electron chi connectivity index (χ2n) is 6.07. The Hall–Kier alpha value is 1.57. The van der Waals surface area contributed by atoms with E-state index in [9.17, 15) is 0 Å². The molecule has 1 rings (SSSR count). The van der Waals surface area contributed by atoms with Crippen molar-refractivity contribution in [3.8, 4) is 0 Å². The van der Waals surface area contributed by atoms with Crippen molar-refractivity contribution in [2.24, 2.45) is 5.41 Å². The summed E-state index contributed by atoms with van der Waals surface area (Å²) in [5.41, 5.74) is 1.67. The van der Waals surface area contributed by atoms with Crippen LogP contribution in [-0.4, -0.2) is 22.4 Å². The van der Waals surface area contributed by atoms with Crippen molar-refractivity contribution in [1.82, 2.24) is 0 Å². The standard InChI is InChI=1S/C10H21P2.2CH3.Ti/c1-10(2)6-8(11-3)5-9(7-10)12-4;;;/h8,11-12H,5-7H2,1-4H3;2*1H3;. The van der Waals surface area contributed by atoms with Gasteiger partial charge in [0.15, 0.2) is 0 Å². The third-order valence-electron chi connectivity index (χ3n) is 4.02. The molecule has 0 aromatic carbocycles. The number of rotatable bonds is 3. The summed E-state index contributed by atoms with van der Waals surface area (Å²) in [6, 6.07) is 0. The summed E-state index contributed by atoms with van der Waals surface area (Å²) in [4.78, 5) is 0. The van der Waals surface area contributed by atoms with Crippen molar-refractivity contribution in [3.05, 3.63) is 0 Å². The molecule has 89 valence electrons. The quantitative estimate of drug-likeness (QED) is 0.524. The second kappa shape index (κ2) is 5.48. The average molecular weight is 281 g/mol. The Balaban J connectivity index is 2.88. The van der Waals surface area contributed by atoms with Gasteiger partial charge in [0.25, 0.3) is 0 Å². The zero-order chi connectivity index (χ0) is 11.7. The molecule has 3 heteroatoms. The van der Waals surface area contributed by atoms with Gasteiger partial charge in [-0.1, -0.05) is 0 Å². The summed E-state index contributed by atoms with van der Waals surface area (Å²) < 4.78 is 0.829. The predicted octanol–water partition coefficient (Wildman–Crippen LogP) is 4.59. The van der Waals surface area contributed by atoms with Crippen LogP contribution in [0, 0.1) is 5.41 Å². The molecule has 0 aromatic heterocycles. The maximum absolute atomic E-state index is 2.60. The monoisotopic (exact) mass is 281 g/mol. The van der Waals surface area contributed by atoms with Crippen LogP contribution in [0.25, 0.3) is 0 Å². The predicted molar refractivity (Wildman–Crippen MR) is 74.4 cm³/mol. The van der Waals surface area contributed by atoms with Crippen LogP contribution < -0.4 is 0 Å². The normalized spacial score (nSPS) is 36.8. The van der Waals surface area contributed by atoms with E-state index in [2.05, 4.69) is 37.6 Å². The molecule has 15 heavy (non-hydrogen) atoms. The van der Waals surface area contributed by atoms with Gasteiger partial charge in [0.2, 0.25) is 0 Å². The Morgan fingerprint density at radius 2 is 1.73 bits per heavy atom. The van der Waals surface area contributed by atoms with Gasteiger partial charge in [0.1, 0.15) is 0 Å². The van der Waals surface area contributed by atoms with Gasteiger partial charge in [-0.3, -0.25) is 0 Å². The van der Waals surface area contributed by atoms with Crippen LogP contribution in [0.2, 0.25) is 10.5 Å². The van der Waals surface area contributed by atoms with E-state index in [0.717, 1.165) is 9.12 Å². The number of hydrogen-bond donors (Lipinski definition) is 0. The molecular formula is C12H27P2Ti. The summed E-state index contributed by atoms with van der Waals surface area (Å²) in [6.45, 7) is 9.91. The molecule has 0 aromatic rings. The molecule has 4 atom stereocenters. The zero-order valence-electron chi connectivity index (χ0n) is 11.2. The molecule has 1 saturated carbocycles. The Morgan fingerprint density at radius 3 is 2.13 bits per heavy atom. The van der Waals surface area contributed by atoms with Gasteiger partial charge in [-0.15, -0.1) is 0 Å². The molecule has 0 nitrogen and oxygen atoms in total. The molecule has 0 saturated heterocycles. The van der Waals surface area contributed by atoms with Crippen molar-refractivity contribution >= 4 is 17.2 Å². The molecule has 0 N–H and O–H groups in total. The minimum absolute atomic E-state index is 0.624. The molecular weight excluding hydrogens is 254 g/mol. The van der Waals surface area contributed by atoms with E-state index in [1.165, 1.54) is 30.0 Å². The fraction of sp³-hybridized carbons (Fsp3) is 1.00. The van der Waals surface area contributed by atoms with Gasteiger partial charge in [-0.05, 0) is 0 Å². The molecule has 0 bridgehead atoms. The molecule has 0 spiro atoms. The SMILES string of the molecule is CPC1CC(C)(C)C[C](PC)([Ti]([CH3])[CH3])C1. The number of hydrogen-bond acceptors (Lipinski definition) is 0. The maximum atomic E-state index is 2.60. The van der Waals surface area contributed by atoms with Crippen LogP contribution in [0.4, 0.5) is 0 Å². The Morgan fingerprint density at radius 1 is 1.13 bits per heavy atom. The van der Waals surface area contributed by atoms with E-state index in [1.807, 2.05) is 0 Å². The van der Waals surface area contributed by atoms with Gasteiger partial charge in [0.05, 0.1) is 0 Å². The van der Waals surface area contributed by atoms with E-state index in [-0.39, 0.29) is 0 Å².